The number of ether oxygens (including phenoxy) is 1. The highest BCUT2D eigenvalue weighted by atomic mass is 32.1. The van der Waals surface area contributed by atoms with E-state index in [-0.39, 0.29) is 6.42 Å². The first-order chi connectivity index (χ1) is 9.63. The molecular formula is C13H21N3O3S. The molecular weight excluding hydrogens is 278 g/mol. The maximum absolute atomic E-state index is 10.5. The highest BCUT2D eigenvalue weighted by Gasteiger charge is 2.14. The molecule has 1 unspecified atom stereocenters. The number of carbonyl (C=O) groups is 1. The van der Waals surface area contributed by atoms with E-state index in [9.17, 15) is 4.79 Å². The molecule has 0 spiro atoms. The molecule has 0 aromatic carbocycles. The van der Waals surface area contributed by atoms with Crippen molar-refractivity contribution in [1.29, 1.82) is 0 Å². The molecule has 7 heteroatoms. The summed E-state index contributed by atoms with van der Waals surface area (Å²) in [7, 11) is 0. The Morgan fingerprint density at radius 1 is 1.60 bits per heavy atom. The minimum absolute atomic E-state index is 0.131. The lowest BCUT2D eigenvalue weighted by molar-refractivity contribution is -0.136. The van der Waals surface area contributed by atoms with E-state index in [0.717, 1.165) is 43.7 Å². The molecule has 0 aliphatic carbocycles. The quantitative estimate of drug-likeness (QED) is 0.790. The Hall–Kier alpha value is -1.18. The van der Waals surface area contributed by atoms with Crippen LogP contribution in [-0.2, 0) is 16.0 Å². The number of rotatable bonds is 7. The Balaban J connectivity index is 1.75. The van der Waals surface area contributed by atoms with Crippen LogP contribution < -0.4 is 5.32 Å². The molecule has 2 rings (SSSR count). The topological polar surface area (TPSA) is 74.7 Å². The molecule has 1 atom stereocenters. The standard InChI is InChI=1S/C13H21N3O3S/c1-10(8-16-4-6-19-7-5-16)14-13-15-11(9-20-13)2-3-12(17)18/h9-10H,2-8H2,1H3,(H,14,15)(H,17,18). The van der Waals surface area contributed by atoms with Gasteiger partial charge >= 0.3 is 5.97 Å². The van der Waals surface area contributed by atoms with Crippen LogP contribution in [0, 0.1) is 0 Å². The van der Waals surface area contributed by atoms with Crippen molar-refractivity contribution in [2.45, 2.75) is 25.8 Å². The molecule has 0 bridgehead atoms. The number of anilines is 1. The first-order valence-corrected chi connectivity index (χ1v) is 7.74. The second-order valence-electron chi connectivity index (χ2n) is 5.00. The van der Waals surface area contributed by atoms with Crippen LogP contribution in [-0.4, -0.2) is 59.8 Å². The highest BCUT2D eigenvalue weighted by Crippen LogP contribution is 2.17. The summed E-state index contributed by atoms with van der Waals surface area (Å²) in [6.45, 7) is 6.68. The minimum Gasteiger partial charge on any atom is -0.481 e. The van der Waals surface area contributed by atoms with Crippen LogP contribution in [0.1, 0.15) is 19.0 Å². The van der Waals surface area contributed by atoms with Crippen molar-refractivity contribution in [2.24, 2.45) is 0 Å². The molecule has 1 aliphatic heterocycles. The second-order valence-corrected chi connectivity index (χ2v) is 5.85. The van der Waals surface area contributed by atoms with Gasteiger partial charge in [0, 0.05) is 37.5 Å². The molecule has 0 saturated carbocycles. The molecule has 6 nitrogen and oxygen atoms in total. The molecule has 1 aromatic heterocycles. The van der Waals surface area contributed by atoms with Crippen LogP contribution in [0.5, 0.6) is 0 Å². The van der Waals surface area contributed by atoms with E-state index in [1.54, 1.807) is 0 Å². The molecule has 0 amide bonds. The third-order valence-corrected chi connectivity index (χ3v) is 3.97. The molecule has 2 N–H and O–H groups in total. The van der Waals surface area contributed by atoms with E-state index < -0.39 is 5.97 Å². The SMILES string of the molecule is CC(CN1CCOCC1)Nc1nc(CCC(=O)O)cs1. The molecule has 1 saturated heterocycles. The van der Waals surface area contributed by atoms with E-state index in [2.05, 4.69) is 22.1 Å². The summed E-state index contributed by atoms with van der Waals surface area (Å²) >= 11 is 1.53. The largest absolute Gasteiger partial charge is 0.481 e. The molecule has 112 valence electrons. The zero-order valence-corrected chi connectivity index (χ0v) is 12.5. The van der Waals surface area contributed by atoms with Crippen molar-refractivity contribution >= 4 is 22.4 Å². The maximum Gasteiger partial charge on any atom is 0.303 e. The van der Waals surface area contributed by atoms with E-state index in [1.807, 2.05) is 5.38 Å². The van der Waals surface area contributed by atoms with Crippen LogP contribution in [0.2, 0.25) is 0 Å². The van der Waals surface area contributed by atoms with Gasteiger partial charge in [-0.3, -0.25) is 9.69 Å². The predicted octanol–water partition coefficient (Wildman–Crippen LogP) is 1.29. The smallest absolute Gasteiger partial charge is 0.303 e. The van der Waals surface area contributed by atoms with Crippen molar-refractivity contribution in [1.82, 2.24) is 9.88 Å². The molecule has 1 aliphatic rings. The van der Waals surface area contributed by atoms with Crippen LogP contribution in [0.3, 0.4) is 0 Å². The monoisotopic (exact) mass is 299 g/mol. The Labute approximate surface area is 122 Å². The van der Waals surface area contributed by atoms with Gasteiger partial charge in [-0.15, -0.1) is 11.3 Å². The average molecular weight is 299 g/mol. The molecule has 1 fully saturated rings. The van der Waals surface area contributed by atoms with E-state index in [0.29, 0.717) is 12.5 Å². The van der Waals surface area contributed by atoms with Gasteiger partial charge in [0.1, 0.15) is 0 Å². The van der Waals surface area contributed by atoms with Crippen LogP contribution in [0.15, 0.2) is 5.38 Å². The number of carboxylic acid groups (broad SMARTS) is 1. The lowest BCUT2D eigenvalue weighted by Crippen LogP contribution is -2.42. The van der Waals surface area contributed by atoms with Crippen molar-refractivity contribution in [3.05, 3.63) is 11.1 Å². The Bertz CT molecular complexity index is 432. The number of nitrogens with zero attached hydrogens (tertiary/aromatic N) is 2. The van der Waals surface area contributed by atoms with Gasteiger partial charge in [0.05, 0.1) is 25.3 Å². The summed E-state index contributed by atoms with van der Waals surface area (Å²) in [6.07, 6.45) is 0.623. The van der Waals surface area contributed by atoms with Gasteiger partial charge in [0.15, 0.2) is 5.13 Å². The number of aryl methyl sites for hydroxylation is 1. The number of nitrogens with one attached hydrogen (secondary N) is 1. The number of morpholine rings is 1. The summed E-state index contributed by atoms with van der Waals surface area (Å²) in [5, 5.41) is 14.8. The molecule has 1 aromatic rings. The minimum atomic E-state index is -0.784. The lowest BCUT2D eigenvalue weighted by Gasteiger charge is -2.29. The fraction of sp³-hybridized carbons (Fsp3) is 0.692. The van der Waals surface area contributed by atoms with E-state index >= 15 is 0 Å². The Morgan fingerprint density at radius 3 is 3.05 bits per heavy atom. The van der Waals surface area contributed by atoms with Gasteiger partial charge in [-0.05, 0) is 6.92 Å². The third kappa shape index (κ3) is 5.07. The highest BCUT2D eigenvalue weighted by molar-refractivity contribution is 7.13. The number of aliphatic carboxylic acids is 1. The van der Waals surface area contributed by atoms with E-state index in [4.69, 9.17) is 9.84 Å². The maximum atomic E-state index is 10.5. The summed E-state index contributed by atoms with van der Waals surface area (Å²) < 4.78 is 5.33. The van der Waals surface area contributed by atoms with E-state index in [1.165, 1.54) is 11.3 Å². The zero-order chi connectivity index (χ0) is 14.4. The normalized spacial score (nSPS) is 17.9. The van der Waals surface area contributed by atoms with Crippen LogP contribution in [0.4, 0.5) is 5.13 Å². The van der Waals surface area contributed by atoms with Crippen LogP contribution >= 0.6 is 11.3 Å². The van der Waals surface area contributed by atoms with Gasteiger partial charge < -0.3 is 15.2 Å². The van der Waals surface area contributed by atoms with Gasteiger partial charge in [-0.1, -0.05) is 0 Å². The molecule has 20 heavy (non-hydrogen) atoms. The van der Waals surface area contributed by atoms with Crippen molar-refractivity contribution in [3.8, 4) is 0 Å². The zero-order valence-electron chi connectivity index (χ0n) is 11.7. The first kappa shape index (κ1) is 15.2. The summed E-state index contributed by atoms with van der Waals surface area (Å²) in [5.41, 5.74) is 0.846. The van der Waals surface area contributed by atoms with Gasteiger partial charge in [-0.2, -0.15) is 0 Å². The lowest BCUT2D eigenvalue weighted by atomic mass is 10.2. The fourth-order valence-corrected chi connectivity index (χ4v) is 3.01. The summed E-state index contributed by atoms with van der Waals surface area (Å²) in [4.78, 5) is 17.3. The summed E-state index contributed by atoms with van der Waals surface area (Å²) in [6, 6.07) is 0.312. The number of hydrogen-bond acceptors (Lipinski definition) is 6. The number of aromatic nitrogens is 1. The predicted molar refractivity (Wildman–Crippen MR) is 78.4 cm³/mol. The number of hydrogen-bond donors (Lipinski definition) is 2. The summed E-state index contributed by atoms with van der Waals surface area (Å²) in [5.74, 6) is -0.784. The van der Waals surface area contributed by atoms with Gasteiger partial charge in [-0.25, -0.2) is 4.98 Å². The Kier molecular flexibility index (Phi) is 5.75. The van der Waals surface area contributed by atoms with Gasteiger partial charge in [0.25, 0.3) is 0 Å². The molecule has 0 radical (unpaired) electrons. The van der Waals surface area contributed by atoms with Crippen molar-refractivity contribution in [2.75, 3.05) is 38.2 Å². The number of thiazole rings is 1. The molecule has 2 heterocycles. The third-order valence-electron chi connectivity index (χ3n) is 3.15. The van der Waals surface area contributed by atoms with Gasteiger partial charge in [0.2, 0.25) is 0 Å². The number of carboxylic acids is 1. The second kappa shape index (κ2) is 7.56. The first-order valence-electron chi connectivity index (χ1n) is 6.86. The Morgan fingerprint density at radius 2 is 2.35 bits per heavy atom. The van der Waals surface area contributed by atoms with Crippen molar-refractivity contribution < 1.29 is 14.6 Å². The average Bonchev–Trinajstić information content (AvgIpc) is 2.85. The van der Waals surface area contributed by atoms with Crippen LogP contribution in [0.25, 0.3) is 0 Å². The van der Waals surface area contributed by atoms with Crippen molar-refractivity contribution in [3.63, 3.8) is 0 Å². The fourth-order valence-electron chi connectivity index (χ4n) is 2.15.